The van der Waals surface area contributed by atoms with Crippen molar-refractivity contribution >= 4 is 5.69 Å². The number of phenolic OH excluding ortho intramolecular Hbond substituents is 1. The van der Waals surface area contributed by atoms with Crippen LogP contribution in [0.1, 0.15) is 67.6 Å². The molecule has 1 saturated heterocycles. The molecule has 2 atom stereocenters. The highest BCUT2D eigenvalue weighted by Crippen LogP contribution is 2.47. The number of fused-ring (bicyclic) bond motifs is 1. The third-order valence-electron chi connectivity index (χ3n) is 8.58. The summed E-state index contributed by atoms with van der Waals surface area (Å²) in [5.41, 5.74) is 5.52. The zero-order valence-electron chi connectivity index (χ0n) is 20.2. The molecule has 1 heterocycles. The van der Waals surface area contributed by atoms with E-state index in [1.165, 1.54) is 54.5 Å². The predicted octanol–water partition coefficient (Wildman–Crippen LogP) is 6.11. The number of benzene rings is 2. The van der Waals surface area contributed by atoms with Gasteiger partial charge >= 0.3 is 0 Å². The molecule has 2 fully saturated rings. The maximum absolute atomic E-state index is 10.0. The third kappa shape index (κ3) is 4.79. The zero-order valence-corrected chi connectivity index (χ0v) is 20.2. The molecule has 4 nitrogen and oxygen atoms in total. The van der Waals surface area contributed by atoms with E-state index in [1.54, 1.807) is 14.2 Å². The lowest BCUT2D eigenvalue weighted by Gasteiger charge is -2.39. The summed E-state index contributed by atoms with van der Waals surface area (Å²) in [5, 5.41) is 10.0. The monoisotopic (exact) mass is 449 g/mol. The smallest absolute Gasteiger partial charge is 0.159 e. The minimum Gasteiger partial charge on any atom is -0.508 e. The third-order valence-corrected chi connectivity index (χ3v) is 8.58. The summed E-state index contributed by atoms with van der Waals surface area (Å²) in [7, 11) is 3.48. The van der Waals surface area contributed by atoms with Gasteiger partial charge in [-0.15, -0.1) is 0 Å². The molecule has 0 radical (unpaired) electrons. The average molecular weight is 450 g/mol. The van der Waals surface area contributed by atoms with Gasteiger partial charge in [-0.3, -0.25) is 0 Å². The molecular weight excluding hydrogens is 410 g/mol. The first-order chi connectivity index (χ1) is 16.2. The highest BCUT2D eigenvalue weighted by Gasteiger charge is 2.34. The Morgan fingerprint density at radius 3 is 2.30 bits per heavy atom. The number of methoxy groups -OCH3 is 2. The second kappa shape index (κ2) is 10.1. The van der Waals surface area contributed by atoms with Crippen LogP contribution in [-0.2, 0) is 15.9 Å². The fourth-order valence-corrected chi connectivity index (χ4v) is 6.54. The van der Waals surface area contributed by atoms with Crippen molar-refractivity contribution < 1.29 is 14.6 Å². The molecule has 5 rings (SSSR count). The lowest BCUT2D eigenvalue weighted by Crippen LogP contribution is -2.39. The second-order valence-electron chi connectivity index (χ2n) is 10.4. The van der Waals surface area contributed by atoms with Crippen LogP contribution in [0.25, 0.3) is 0 Å². The Morgan fingerprint density at radius 1 is 0.939 bits per heavy atom. The molecule has 3 aliphatic rings. The van der Waals surface area contributed by atoms with E-state index in [0.717, 1.165) is 38.3 Å². The molecule has 1 N–H and O–H groups in total. The number of phenols is 1. The Balaban J connectivity index is 1.33. The molecule has 0 spiro atoms. The molecular formula is C29H39NO3. The lowest BCUT2D eigenvalue weighted by atomic mass is 9.66. The zero-order chi connectivity index (χ0) is 22.8. The quantitative estimate of drug-likeness (QED) is 0.518. The molecule has 2 aromatic rings. The molecule has 0 amide bonds. The van der Waals surface area contributed by atoms with Crippen LogP contribution in [0.5, 0.6) is 5.75 Å². The molecule has 4 heteroatoms. The number of aryl methyl sites for hydroxylation is 1. The van der Waals surface area contributed by atoms with Gasteiger partial charge in [-0.2, -0.15) is 0 Å². The van der Waals surface area contributed by atoms with Gasteiger partial charge in [0, 0.05) is 44.8 Å². The van der Waals surface area contributed by atoms with Crippen molar-refractivity contribution in [3.8, 4) is 5.75 Å². The normalized spacial score (nSPS) is 24.0. The Morgan fingerprint density at radius 2 is 1.67 bits per heavy atom. The highest BCUT2D eigenvalue weighted by molar-refractivity contribution is 5.51. The number of hydrogen-bond acceptors (Lipinski definition) is 4. The largest absolute Gasteiger partial charge is 0.508 e. The van der Waals surface area contributed by atoms with Crippen molar-refractivity contribution in [3.63, 3.8) is 0 Å². The van der Waals surface area contributed by atoms with E-state index >= 15 is 0 Å². The summed E-state index contributed by atoms with van der Waals surface area (Å²) in [4.78, 5) is 2.50. The number of anilines is 1. The van der Waals surface area contributed by atoms with Gasteiger partial charge in [0.05, 0.1) is 0 Å². The molecule has 2 unspecified atom stereocenters. The van der Waals surface area contributed by atoms with Crippen LogP contribution < -0.4 is 4.90 Å². The van der Waals surface area contributed by atoms with Gasteiger partial charge in [-0.1, -0.05) is 37.5 Å². The van der Waals surface area contributed by atoms with Gasteiger partial charge in [0.2, 0.25) is 0 Å². The number of piperidine rings is 1. The summed E-state index contributed by atoms with van der Waals surface area (Å²) in [6.45, 7) is 2.09. The van der Waals surface area contributed by atoms with Crippen LogP contribution in [0, 0.1) is 17.8 Å². The Bertz CT molecular complexity index is 911. The van der Waals surface area contributed by atoms with E-state index in [1.807, 2.05) is 12.1 Å². The van der Waals surface area contributed by atoms with Gasteiger partial charge in [0.25, 0.3) is 0 Å². The first-order valence-corrected chi connectivity index (χ1v) is 12.9. The number of nitrogens with zero attached hydrogens (tertiary/aromatic N) is 1. The predicted molar refractivity (Wildman–Crippen MR) is 133 cm³/mol. The van der Waals surface area contributed by atoms with E-state index < -0.39 is 0 Å². The van der Waals surface area contributed by atoms with Crippen molar-refractivity contribution in [2.24, 2.45) is 17.8 Å². The van der Waals surface area contributed by atoms with Crippen molar-refractivity contribution in [2.75, 3.05) is 32.2 Å². The van der Waals surface area contributed by atoms with E-state index in [-0.39, 0.29) is 6.29 Å². The molecule has 1 saturated carbocycles. The molecule has 1 aliphatic heterocycles. The Kier molecular flexibility index (Phi) is 6.94. The minimum atomic E-state index is -0.0899. The number of hydrogen-bond donors (Lipinski definition) is 1. The van der Waals surface area contributed by atoms with Crippen LogP contribution in [-0.4, -0.2) is 38.7 Å². The summed E-state index contributed by atoms with van der Waals surface area (Å²) in [6, 6.07) is 15.5. The molecule has 33 heavy (non-hydrogen) atoms. The van der Waals surface area contributed by atoms with E-state index in [0.29, 0.717) is 23.5 Å². The van der Waals surface area contributed by atoms with Crippen LogP contribution in [0.4, 0.5) is 5.69 Å². The Labute approximate surface area is 198 Å². The van der Waals surface area contributed by atoms with Gasteiger partial charge in [0.1, 0.15) is 5.75 Å². The van der Waals surface area contributed by atoms with Gasteiger partial charge in [0.15, 0.2) is 6.29 Å². The average Bonchev–Trinajstić information content (AvgIpc) is 2.82. The first-order valence-electron chi connectivity index (χ1n) is 12.9. The van der Waals surface area contributed by atoms with E-state index in [2.05, 4.69) is 35.2 Å². The maximum atomic E-state index is 10.0. The van der Waals surface area contributed by atoms with Crippen LogP contribution in [0.3, 0.4) is 0 Å². The van der Waals surface area contributed by atoms with Crippen LogP contribution in [0.2, 0.25) is 0 Å². The van der Waals surface area contributed by atoms with Crippen LogP contribution in [0.15, 0.2) is 42.5 Å². The van der Waals surface area contributed by atoms with Gasteiger partial charge in [-0.05, 0) is 84.9 Å². The molecule has 178 valence electrons. The van der Waals surface area contributed by atoms with Gasteiger partial charge in [-0.25, -0.2) is 0 Å². The van der Waals surface area contributed by atoms with E-state index in [9.17, 15) is 5.11 Å². The summed E-state index contributed by atoms with van der Waals surface area (Å²) >= 11 is 0. The van der Waals surface area contributed by atoms with Crippen molar-refractivity contribution in [3.05, 3.63) is 59.2 Å². The summed E-state index contributed by atoms with van der Waals surface area (Å²) in [5.74, 6) is 2.93. The first kappa shape index (κ1) is 22.7. The molecule has 2 aromatic carbocycles. The molecule has 2 aliphatic carbocycles. The Hall–Kier alpha value is -2.04. The van der Waals surface area contributed by atoms with Crippen LogP contribution >= 0.6 is 0 Å². The van der Waals surface area contributed by atoms with Crippen molar-refractivity contribution in [1.82, 2.24) is 0 Å². The number of rotatable bonds is 7. The fraction of sp³-hybridized carbons (Fsp3) is 0.586. The number of aromatic hydroxyl groups is 1. The maximum Gasteiger partial charge on any atom is 0.159 e. The molecule has 0 aromatic heterocycles. The molecule has 0 bridgehead atoms. The summed E-state index contributed by atoms with van der Waals surface area (Å²) < 4.78 is 11.0. The lowest BCUT2D eigenvalue weighted by molar-refractivity contribution is -0.141. The number of ether oxygens (including phenoxy) is 2. The SMILES string of the molecule is COC(OC)C1CCN(c2ccc(C3c4ccc(O)cc4CCC3CC3CCC3)cc2)CC1. The van der Waals surface area contributed by atoms with Gasteiger partial charge < -0.3 is 19.5 Å². The summed E-state index contributed by atoms with van der Waals surface area (Å²) in [6.07, 6.45) is 10.00. The fourth-order valence-electron chi connectivity index (χ4n) is 6.54. The minimum absolute atomic E-state index is 0.0899. The second-order valence-corrected chi connectivity index (χ2v) is 10.4. The highest BCUT2D eigenvalue weighted by atomic mass is 16.7. The van der Waals surface area contributed by atoms with Crippen molar-refractivity contribution in [1.29, 1.82) is 0 Å². The van der Waals surface area contributed by atoms with E-state index in [4.69, 9.17) is 9.47 Å². The topological polar surface area (TPSA) is 41.9 Å². The van der Waals surface area contributed by atoms with Crippen molar-refractivity contribution in [2.45, 2.75) is 63.6 Å². The standard InChI is InChI=1S/C29H39NO3/c1-32-29(33-2)22-14-16-30(17-15-22)25-10-8-21(9-11-25)28-24(18-20-4-3-5-20)7-6-23-19-26(31)12-13-27(23)28/h8-13,19-20,22,24,28-29,31H,3-7,14-18H2,1-2H3.